The minimum atomic E-state index is -0.166. The SMILES string of the molecule is CCc1ccc2c(c1)NC(=O)[C@H](Br)C[C@@H]2c1ccccc1. The Morgan fingerprint density at radius 2 is 1.95 bits per heavy atom. The highest BCUT2D eigenvalue weighted by atomic mass is 79.9. The van der Waals surface area contributed by atoms with Crippen molar-refractivity contribution in [2.75, 3.05) is 5.32 Å². The summed E-state index contributed by atoms with van der Waals surface area (Å²) in [6, 6.07) is 16.8. The molecule has 2 aromatic rings. The summed E-state index contributed by atoms with van der Waals surface area (Å²) >= 11 is 3.52. The van der Waals surface area contributed by atoms with Gasteiger partial charge in [-0.3, -0.25) is 4.79 Å². The van der Waals surface area contributed by atoms with Crippen molar-refractivity contribution in [3.05, 3.63) is 65.2 Å². The second kappa shape index (κ2) is 6.02. The van der Waals surface area contributed by atoms with Gasteiger partial charge in [-0.1, -0.05) is 65.3 Å². The molecule has 2 atom stereocenters. The molecule has 0 bridgehead atoms. The highest BCUT2D eigenvalue weighted by Gasteiger charge is 2.29. The van der Waals surface area contributed by atoms with Crippen LogP contribution in [0.15, 0.2) is 48.5 Å². The molecule has 0 aromatic heterocycles. The van der Waals surface area contributed by atoms with Gasteiger partial charge in [-0.25, -0.2) is 0 Å². The quantitative estimate of drug-likeness (QED) is 0.800. The lowest BCUT2D eigenvalue weighted by molar-refractivity contribution is -0.115. The number of anilines is 1. The van der Waals surface area contributed by atoms with Gasteiger partial charge in [-0.15, -0.1) is 0 Å². The van der Waals surface area contributed by atoms with Gasteiger partial charge >= 0.3 is 0 Å². The Hall–Kier alpha value is -1.61. The van der Waals surface area contributed by atoms with E-state index in [1.54, 1.807) is 0 Å². The Kier molecular flexibility index (Phi) is 4.11. The molecule has 0 saturated heterocycles. The standard InChI is InChI=1S/C18H18BrNO/c1-2-12-8-9-14-15(13-6-4-3-5-7-13)11-16(19)18(21)20-17(14)10-12/h3-10,15-16H,2,11H2,1H3,(H,20,21)/t15-,16-/m1/s1. The van der Waals surface area contributed by atoms with Gasteiger partial charge in [-0.05, 0) is 35.6 Å². The Bertz CT molecular complexity index is 654. The number of carbonyl (C=O) groups excluding carboxylic acids is 1. The molecule has 0 fully saturated rings. The number of aryl methyl sites for hydroxylation is 1. The van der Waals surface area contributed by atoms with Crippen molar-refractivity contribution in [3.63, 3.8) is 0 Å². The lowest BCUT2D eigenvalue weighted by Gasteiger charge is -2.19. The fraction of sp³-hybridized carbons (Fsp3) is 0.278. The molecular weight excluding hydrogens is 326 g/mol. The Morgan fingerprint density at radius 1 is 1.19 bits per heavy atom. The summed E-state index contributed by atoms with van der Waals surface area (Å²) in [7, 11) is 0. The lowest BCUT2D eigenvalue weighted by atomic mass is 9.87. The summed E-state index contributed by atoms with van der Waals surface area (Å²) < 4.78 is 0. The highest BCUT2D eigenvalue weighted by Crippen LogP contribution is 2.38. The third-order valence-corrected chi connectivity index (χ3v) is 4.88. The number of halogens is 1. The van der Waals surface area contributed by atoms with Crippen LogP contribution < -0.4 is 5.32 Å². The zero-order chi connectivity index (χ0) is 14.8. The largest absolute Gasteiger partial charge is 0.325 e. The van der Waals surface area contributed by atoms with Crippen molar-refractivity contribution in [1.29, 1.82) is 0 Å². The van der Waals surface area contributed by atoms with Gasteiger partial charge in [0.2, 0.25) is 5.91 Å². The van der Waals surface area contributed by atoms with Crippen LogP contribution in [0.25, 0.3) is 0 Å². The molecule has 0 radical (unpaired) electrons. The molecule has 108 valence electrons. The van der Waals surface area contributed by atoms with Gasteiger partial charge in [0.05, 0.1) is 4.83 Å². The first-order valence-corrected chi connectivity index (χ1v) is 8.23. The summed E-state index contributed by atoms with van der Waals surface area (Å²) in [4.78, 5) is 12.0. The van der Waals surface area contributed by atoms with Crippen LogP contribution in [0.2, 0.25) is 0 Å². The maximum atomic E-state index is 12.2. The summed E-state index contributed by atoms with van der Waals surface area (Å²) in [5.41, 5.74) is 4.65. The topological polar surface area (TPSA) is 29.1 Å². The van der Waals surface area contributed by atoms with E-state index in [-0.39, 0.29) is 16.7 Å². The predicted octanol–water partition coefficient (Wildman–Crippen LogP) is 4.49. The molecule has 0 unspecified atom stereocenters. The van der Waals surface area contributed by atoms with E-state index in [0.717, 1.165) is 18.5 Å². The van der Waals surface area contributed by atoms with Crippen LogP contribution in [-0.4, -0.2) is 10.7 Å². The average Bonchev–Trinajstić information content (AvgIpc) is 2.64. The summed E-state index contributed by atoms with van der Waals surface area (Å²) in [5.74, 6) is 0.276. The van der Waals surface area contributed by atoms with Crippen molar-refractivity contribution in [1.82, 2.24) is 0 Å². The number of carbonyl (C=O) groups is 1. The van der Waals surface area contributed by atoms with Gasteiger partial charge in [0.1, 0.15) is 0 Å². The average molecular weight is 344 g/mol. The molecule has 1 aliphatic rings. The molecule has 1 aliphatic heterocycles. The van der Waals surface area contributed by atoms with Gasteiger partial charge in [0.15, 0.2) is 0 Å². The number of amides is 1. The number of nitrogens with one attached hydrogen (secondary N) is 1. The predicted molar refractivity (Wildman–Crippen MR) is 90.1 cm³/mol. The van der Waals surface area contributed by atoms with E-state index in [1.807, 2.05) is 6.07 Å². The number of rotatable bonds is 2. The van der Waals surface area contributed by atoms with E-state index in [0.29, 0.717) is 0 Å². The summed E-state index contributed by atoms with van der Waals surface area (Å²) in [6.07, 6.45) is 1.74. The molecule has 3 rings (SSSR count). The zero-order valence-corrected chi connectivity index (χ0v) is 13.6. The maximum Gasteiger partial charge on any atom is 0.238 e. The molecule has 2 nitrogen and oxygen atoms in total. The van der Waals surface area contributed by atoms with Gasteiger partial charge < -0.3 is 5.32 Å². The number of alkyl halides is 1. The summed E-state index contributed by atoms with van der Waals surface area (Å²) in [6.45, 7) is 2.13. The fourth-order valence-electron chi connectivity index (χ4n) is 2.89. The molecule has 2 aromatic carbocycles. The van der Waals surface area contributed by atoms with Gasteiger partial charge in [0, 0.05) is 11.6 Å². The number of benzene rings is 2. The van der Waals surface area contributed by atoms with Crippen molar-refractivity contribution in [2.24, 2.45) is 0 Å². The Morgan fingerprint density at radius 3 is 2.67 bits per heavy atom. The maximum absolute atomic E-state index is 12.2. The van der Waals surface area contributed by atoms with Gasteiger partial charge in [0.25, 0.3) is 0 Å². The highest BCUT2D eigenvalue weighted by molar-refractivity contribution is 9.10. The number of hydrogen-bond acceptors (Lipinski definition) is 1. The lowest BCUT2D eigenvalue weighted by Crippen LogP contribution is -2.21. The summed E-state index contributed by atoms with van der Waals surface area (Å²) in [5, 5.41) is 3.06. The van der Waals surface area contributed by atoms with E-state index in [2.05, 4.69) is 70.6 Å². The van der Waals surface area contributed by atoms with E-state index in [9.17, 15) is 4.79 Å². The van der Waals surface area contributed by atoms with Crippen molar-refractivity contribution < 1.29 is 4.79 Å². The minimum Gasteiger partial charge on any atom is -0.325 e. The molecular formula is C18H18BrNO. The molecule has 0 saturated carbocycles. The molecule has 1 amide bonds. The Labute approximate surface area is 133 Å². The van der Waals surface area contributed by atoms with Crippen molar-refractivity contribution in [3.8, 4) is 0 Å². The van der Waals surface area contributed by atoms with Gasteiger partial charge in [-0.2, -0.15) is 0 Å². The molecule has 0 aliphatic carbocycles. The first-order valence-electron chi connectivity index (χ1n) is 7.31. The molecule has 21 heavy (non-hydrogen) atoms. The zero-order valence-electron chi connectivity index (χ0n) is 12.0. The minimum absolute atomic E-state index is 0.0444. The normalized spacial score (nSPS) is 21.3. The van der Waals surface area contributed by atoms with Crippen LogP contribution in [0.5, 0.6) is 0 Å². The molecule has 0 spiro atoms. The van der Waals surface area contributed by atoms with Crippen LogP contribution in [0, 0.1) is 0 Å². The van der Waals surface area contributed by atoms with Crippen LogP contribution in [0.3, 0.4) is 0 Å². The third-order valence-electron chi connectivity index (χ3n) is 4.09. The van der Waals surface area contributed by atoms with Crippen LogP contribution in [-0.2, 0) is 11.2 Å². The van der Waals surface area contributed by atoms with Crippen molar-refractivity contribution >= 4 is 27.5 Å². The van der Waals surface area contributed by atoms with Crippen molar-refractivity contribution in [2.45, 2.75) is 30.5 Å². The Balaban J connectivity index is 2.11. The third kappa shape index (κ3) is 2.88. The second-order valence-corrected chi connectivity index (χ2v) is 6.54. The van der Waals surface area contributed by atoms with E-state index in [1.165, 1.54) is 16.7 Å². The fourth-order valence-corrected chi connectivity index (χ4v) is 3.38. The monoisotopic (exact) mass is 343 g/mol. The van der Waals surface area contributed by atoms with Crippen LogP contribution in [0.1, 0.15) is 36.0 Å². The smallest absolute Gasteiger partial charge is 0.238 e. The van der Waals surface area contributed by atoms with E-state index >= 15 is 0 Å². The molecule has 1 N–H and O–H groups in total. The van der Waals surface area contributed by atoms with E-state index < -0.39 is 0 Å². The van der Waals surface area contributed by atoms with Crippen LogP contribution >= 0.6 is 15.9 Å². The van der Waals surface area contributed by atoms with E-state index in [4.69, 9.17) is 0 Å². The first-order chi connectivity index (χ1) is 10.2. The van der Waals surface area contributed by atoms with Crippen LogP contribution in [0.4, 0.5) is 5.69 Å². The number of hydrogen-bond donors (Lipinski definition) is 1. The second-order valence-electron chi connectivity index (χ2n) is 5.43. The molecule has 1 heterocycles. The first kappa shape index (κ1) is 14.3. The number of fused-ring (bicyclic) bond motifs is 1. The molecule has 3 heteroatoms.